The van der Waals surface area contributed by atoms with E-state index in [1.165, 1.54) is 4.88 Å². The lowest BCUT2D eigenvalue weighted by Gasteiger charge is -2.08. The molecule has 1 atom stereocenters. The molecule has 0 bridgehead atoms. The van der Waals surface area contributed by atoms with Crippen LogP contribution < -0.4 is 0 Å². The Bertz CT molecular complexity index is 447. The molecule has 1 unspecified atom stereocenters. The van der Waals surface area contributed by atoms with E-state index < -0.39 is 6.10 Å². The molecule has 0 saturated heterocycles. The second-order valence-corrected chi connectivity index (χ2v) is 5.48. The summed E-state index contributed by atoms with van der Waals surface area (Å²) >= 11 is 5.04. The number of aliphatic hydroxyl groups excluding tert-OH is 1. The molecule has 1 N–H and O–H groups in total. The molecule has 3 heteroatoms. The van der Waals surface area contributed by atoms with Gasteiger partial charge in [-0.2, -0.15) is 0 Å². The van der Waals surface area contributed by atoms with E-state index in [-0.39, 0.29) is 0 Å². The molecule has 0 radical (unpaired) electrons. The number of benzene rings is 1. The third-order valence-corrected chi connectivity index (χ3v) is 3.66. The molecule has 78 valence electrons. The minimum Gasteiger partial charge on any atom is -0.384 e. The summed E-state index contributed by atoms with van der Waals surface area (Å²) in [6.07, 6.45) is -0.511. The Morgan fingerprint density at radius 2 is 1.87 bits per heavy atom. The van der Waals surface area contributed by atoms with Crippen LogP contribution in [0, 0.1) is 6.92 Å². The normalized spacial score (nSPS) is 12.7. The van der Waals surface area contributed by atoms with Crippen molar-refractivity contribution in [3.8, 4) is 0 Å². The summed E-state index contributed by atoms with van der Waals surface area (Å²) in [7, 11) is 0. The standard InChI is InChI=1S/C12H11BrOS/c1-8-6-10(7-15-8)12(14)9-2-4-11(13)5-3-9/h2-7,12,14H,1H3. The maximum Gasteiger partial charge on any atom is 0.105 e. The van der Waals surface area contributed by atoms with Gasteiger partial charge in [-0.3, -0.25) is 0 Å². The van der Waals surface area contributed by atoms with Gasteiger partial charge in [-0.25, -0.2) is 0 Å². The van der Waals surface area contributed by atoms with Crippen molar-refractivity contribution in [2.24, 2.45) is 0 Å². The van der Waals surface area contributed by atoms with Crippen LogP contribution in [0.3, 0.4) is 0 Å². The number of halogens is 1. The van der Waals surface area contributed by atoms with Gasteiger partial charge in [-0.05, 0) is 41.6 Å². The number of rotatable bonds is 2. The molecule has 0 amide bonds. The first-order chi connectivity index (χ1) is 7.16. The number of aliphatic hydroxyl groups is 1. The molecular weight excluding hydrogens is 272 g/mol. The molecule has 1 nitrogen and oxygen atoms in total. The molecule has 0 aliphatic carbocycles. The first-order valence-corrected chi connectivity index (χ1v) is 6.32. The Kier molecular flexibility index (Phi) is 3.24. The van der Waals surface area contributed by atoms with Gasteiger partial charge in [0, 0.05) is 9.35 Å². The molecule has 0 aliphatic heterocycles. The van der Waals surface area contributed by atoms with Crippen molar-refractivity contribution >= 4 is 27.3 Å². The molecular formula is C12H11BrOS. The van der Waals surface area contributed by atoms with Gasteiger partial charge < -0.3 is 5.11 Å². The second-order valence-electron chi connectivity index (χ2n) is 3.44. The SMILES string of the molecule is Cc1cc(C(O)c2ccc(Br)cc2)cs1. The average Bonchev–Trinajstić information content (AvgIpc) is 2.65. The minimum atomic E-state index is -0.511. The van der Waals surface area contributed by atoms with Gasteiger partial charge >= 0.3 is 0 Å². The third kappa shape index (κ3) is 2.48. The van der Waals surface area contributed by atoms with Gasteiger partial charge in [0.1, 0.15) is 6.10 Å². The Balaban J connectivity index is 2.28. The molecule has 2 aromatic rings. The Labute approximate surface area is 102 Å². The summed E-state index contributed by atoms with van der Waals surface area (Å²) < 4.78 is 1.03. The third-order valence-electron chi connectivity index (χ3n) is 2.25. The second kappa shape index (κ2) is 4.47. The summed E-state index contributed by atoms with van der Waals surface area (Å²) in [5.74, 6) is 0. The van der Waals surface area contributed by atoms with Crippen LogP contribution in [-0.4, -0.2) is 5.11 Å². The highest BCUT2D eigenvalue weighted by molar-refractivity contribution is 9.10. The van der Waals surface area contributed by atoms with E-state index in [0.717, 1.165) is 15.6 Å². The molecule has 0 saturated carbocycles. The van der Waals surface area contributed by atoms with Crippen LogP contribution in [0.4, 0.5) is 0 Å². The summed E-state index contributed by atoms with van der Waals surface area (Å²) in [4.78, 5) is 1.22. The van der Waals surface area contributed by atoms with Gasteiger partial charge in [0.25, 0.3) is 0 Å². The van der Waals surface area contributed by atoms with E-state index in [2.05, 4.69) is 15.9 Å². The van der Waals surface area contributed by atoms with Crippen molar-refractivity contribution in [1.29, 1.82) is 0 Å². The predicted molar refractivity (Wildman–Crippen MR) is 67.3 cm³/mol. The van der Waals surface area contributed by atoms with Gasteiger partial charge in [0.15, 0.2) is 0 Å². The topological polar surface area (TPSA) is 20.2 Å². The van der Waals surface area contributed by atoms with Crippen LogP contribution in [0.15, 0.2) is 40.2 Å². The number of aryl methyl sites for hydroxylation is 1. The quantitative estimate of drug-likeness (QED) is 0.886. The van der Waals surface area contributed by atoms with Crippen LogP contribution >= 0.6 is 27.3 Å². The molecule has 2 rings (SSSR count). The molecule has 0 fully saturated rings. The van der Waals surface area contributed by atoms with E-state index in [1.54, 1.807) is 11.3 Å². The maximum atomic E-state index is 10.1. The zero-order valence-electron chi connectivity index (χ0n) is 8.27. The van der Waals surface area contributed by atoms with Crippen molar-refractivity contribution in [1.82, 2.24) is 0 Å². The molecule has 15 heavy (non-hydrogen) atoms. The molecule has 0 spiro atoms. The Hall–Kier alpha value is -0.640. The highest BCUT2D eigenvalue weighted by Gasteiger charge is 2.11. The van der Waals surface area contributed by atoms with E-state index in [4.69, 9.17) is 0 Å². The van der Waals surface area contributed by atoms with Crippen molar-refractivity contribution in [3.63, 3.8) is 0 Å². The van der Waals surface area contributed by atoms with Crippen molar-refractivity contribution in [2.75, 3.05) is 0 Å². The number of hydrogen-bond acceptors (Lipinski definition) is 2. The highest BCUT2D eigenvalue weighted by atomic mass is 79.9. The first kappa shape index (κ1) is 10.9. The summed E-state index contributed by atoms with van der Waals surface area (Å²) in [6.45, 7) is 2.04. The molecule has 0 aliphatic rings. The van der Waals surface area contributed by atoms with E-state index in [1.807, 2.05) is 42.6 Å². The predicted octanol–water partition coefficient (Wildman–Crippen LogP) is 3.90. The fourth-order valence-electron chi connectivity index (χ4n) is 1.44. The van der Waals surface area contributed by atoms with E-state index in [9.17, 15) is 5.11 Å². The maximum absolute atomic E-state index is 10.1. The van der Waals surface area contributed by atoms with Gasteiger partial charge in [-0.1, -0.05) is 28.1 Å². The largest absolute Gasteiger partial charge is 0.384 e. The smallest absolute Gasteiger partial charge is 0.105 e. The van der Waals surface area contributed by atoms with E-state index >= 15 is 0 Å². The molecule has 1 heterocycles. The van der Waals surface area contributed by atoms with Crippen LogP contribution in [0.5, 0.6) is 0 Å². The lowest BCUT2D eigenvalue weighted by molar-refractivity contribution is 0.221. The van der Waals surface area contributed by atoms with Gasteiger partial charge in [0.2, 0.25) is 0 Å². The monoisotopic (exact) mass is 282 g/mol. The highest BCUT2D eigenvalue weighted by Crippen LogP contribution is 2.26. The average molecular weight is 283 g/mol. The fraction of sp³-hybridized carbons (Fsp3) is 0.167. The zero-order valence-corrected chi connectivity index (χ0v) is 10.7. The van der Waals surface area contributed by atoms with Crippen LogP contribution in [0.2, 0.25) is 0 Å². The lowest BCUT2D eigenvalue weighted by Crippen LogP contribution is -1.97. The minimum absolute atomic E-state index is 0.511. The van der Waals surface area contributed by atoms with Crippen molar-refractivity contribution in [2.45, 2.75) is 13.0 Å². The van der Waals surface area contributed by atoms with E-state index in [0.29, 0.717) is 0 Å². The summed E-state index contributed by atoms with van der Waals surface area (Å²) in [5, 5.41) is 12.1. The van der Waals surface area contributed by atoms with Gasteiger partial charge in [0.05, 0.1) is 0 Å². The number of thiophene rings is 1. The number of hydrogen-bond donors (Lipinski definition) is 1. The van der Waals surface area contributed by atoms with Crippen LogP contribution in [0.1, 0.15) is 22.1 Å². The van der Waals surface area contributed by atoms with Crippen molar-refractivity contribution in [3.05, 3.63) is 56.2 Å². The zero-order chi connectivity index (χ0) is 10.8. The molecule has 1 aromatic carbocycles. The molecule has 1 aromatic heterocycles. The fourth-order valence-corrected chi connectivity index (χ4v) is 2.43. The van der Waals surface area contributed by atoms with Gasteiger partial charge in [-0.15, -0.1) is 11.3 Å². The lowest BCUT2D eigenvalue weighted by atomic mass is 10.0. The van der Waals surface area contributed by atoms with Crippen molar-refractivity contribution < 1.29 is 5.11 Å². The summed E-state index contributed by atoms with van der Waals surface area (Å²) in [6, 6.07) is 9.77. The van der Waals surface area contributed by atoms with Crippen LogP contribution in [-0.2, 0) is 0 Å². The Morgan fingerprint density at radius 3 is 2.40 bits per heavy atom. The Morgan fingerprint density at radius 1 is 1.20 bits per heavy atom. The van der Waals surface area contributed by atoms with Crippen LogP contribution in [0.25, 0.3) is 0 Å². The summed E-state index contributed by atoms with van der Waals surface area (Å²) in [5.41, 5.74) is 1.90. The first-order valence-electron chi connectivity index (χ1n) is 4.65.